The first-order valence-corrected chi connectivity index (χ1v) is 34.0. The second-order valence-electron chi connectivity index (χ2n) is 18.5. The molecule has 0 aliphatic rings. The summed E-state index contributed by atoms with van der Waals surface area (Å²) < 4.78 is 144. The van der Waals surface area contributed by atoms with Crippen LogP contribution in [0.2, 0.25) is 0 Å². The van der Waals surface area contributed by atoms with Crippen molar-refractivity contribution in [3.63, 3.8) is 0 Å². The minimum atomic E-state index is -4.42. The summed E-state index contributed by atoms with van der Waals surface area (Å²) in [5.41, 5.74) is 1.98. The molecule has 28 nitrogen and oxygen atoms in total. The standard InChI is InChI=1S/C55H48N14O14S6/c1-33-43(31-57)51(59-37-17-21-40(22-18-37)86(72,73)80-2)65-52(60-38-19-23-41(24-20-38)87(74,75)81-3)50(33)67-68-53-44(32-58)49(54(84-53)69-66-45-11-8-7-10-35(45)30-56)34-13-15-39(16-14-34)61-55-63-47(12-9-27-85(6,70)71)62-48(64-55)29-36-28-42(88(76,77)82-4)25-26-46(36)89(78,79)83-5/h7-8,10-11,13-26,28H,9,12,27,29H2,1-6H3,(H2,59,60,65)(H,61,62,63,64). The second-order valence-corrected chi connectivity index (χ2v) is 28.6. The van der Waals surface area contributed by atoms with Crippen molar-refractivity contribution in [1.82, 2.24) is 19.9 Å². The molecule has 0 bridgehead atoms. The van der Waals surface area contributed by atoms with E-state index in [1.807, 2.05) is 0 Å². The van der Waals surface area contributed by atoms with E-state index in [1.165, 1.54) is 48.5 Å². The van der Waals surface area contributed by atoms with Crippen molar-refractivity contribution in [3.8, 4) is 29.3 Å². The molecule has 89 heavy (non-hydrogen) atoms. The van der Waals surface area contributed by atoms with E-state index in [2.05, 4.69) is 82.1 Å². The largest absolute Gasteiger partial charge is 0.339 e. The molecule has 3 heterocycles. The molecule has 8 rings (SSSR count). The summed E-state index contributed by atoms with van der Waals surface area (Å²) in [6.45, 7) is 1.56. The molecule has 0 saturated carbocycles. The molecule has 0 fully saturated rings. The van der Waals surface area contributed by atoms with Gasteiger partial charge >= 0.3 is 0 Å². The zero-order chi connectivity index (χ0) is 64.5. The molecule has 0 aliphatic heterocycles. The van der Waals surface area contributed by atoms with E-state index >= 15 is 0 Å². The van der Waals surface area contributed by atoms with Crippen LogP contribution < -0.4 is 16.0 Å². The molecule has 8 aromatic rings. The number of thiophene rings is 1. The first kappa shape index (κ1) is 65.6. The lowest BCUT2D eigenvalue weighted by atomic mass is 10.0. The van der Waals surface area contributed by atoms with Crippen LogP contribution in [0.4, 0.5) is 56.0 Å². The van der Waals surface area contributed by atoms with Gasteiger partial charge in [0.15, 0.2) is 16.6 Å². The van der Waals surface area contributed by atoms with Gasteiger partial charge in [0.1, 0.15) is 61.6 Å². The van der Waals surface area contributed by atoms with E-state index in [0.29, 0.717) is 22.6 Å². The van der Waals surface area contributed by atoms with Gasteiger partial charge in [0.2, 0.25) is 5.95 Å². The summed E-state index contributed by atoms with van der Waals surface area (Å²) in [6, 6.07) is 33.2. The average molecular weight is 1320 g/mol. The van der Waals surface area contributed by atoms with Crippen molar-refractivity contribution in [3.05, 3.63) is 155 Å². The Labute approximate surface area is 515 Å². The van der Waals surface area contributed by atoms with Crippen LogP contribution >= 0.6 is 11.3 Å². The quantitative estimate of drug-likeness (QED) is 0.0353. The Morgan fingerprint density at radius 2 is 1.07 bits per heavy atom. The van der Waals surface area contributed by atoms with Crippen LogP contribution in [0.5, 0.6) is 0 Å². The fourth-order valence-electron chi connectivity index (χ4n) is 8.28. The Bertz CT molecular complexity index is 4840. The molecule has 0 radical (unpaired) electrons. The van der Waals surface area contributed by atoms with E-state index in [0.717, 1.165) is 64.2 Å². The van der Waals surface area contributed by atoms with Crippen LogP contribution in [0.25, 0.3) is 11.1 Å². The Kier molecular flexibility index (Phi) is 20.2. The highest BCUT2D eigenvalue weighted by Gasteiger charge is 2.26. The highest BCUT2D eigenvalue weighted by Crippen LogP contribution is 2.49. The number of aromatic nitrogens is 4. The zero-order valence-corrected chi connectivity index (χ0v) is 52.3. The summed E-state index contributed by atoms with van der Waals surface area (Å²) in [5, 5.41) is 58.7. The van der Waals surface area contributed by atoms with Gasteiger partial charge in [0.25, 0.3) is 40.5 Å². The van der Waals surface area contributed by atoms with Gasteiger partial charge in [-0.1, -0.05) is 35.6 Å². The first-order valence-electron chi connectivity index (χ1n) is 25.5. The van der Waals surface area contributed by atoms with Gasteiger partial charge in [-0.25, -0.2) is 18.4 Å². The van der Waals surface area contributed by atoms with Gasteiger partial charge in [0, 0.05) is 47.3 Å². The van der Waals surface area contributed by atoms with Crippen molar-refractivity contribution in [2.24, 2.45) is 20.5 Å². The molecule has 3 aromatic heterocycles. The lowest BCUT2D eigenvalue weighted by Crippen LogP contribution is -2.13. The monoisotopic (exact) mass is 1320 g/mol. The zero-order valence-electron chi connectivity index (χ0n) is 47.4. The molecule has 34 heteroatoms. The Morgan fingerprint density at radius 1 is 0.539 bits per heavy atom. The van der Waals surface area contributed by atoms with Gasteiger partial charge in [-0.05, 0) is 115 Å². The number of anilines is 6. The number of azo groups is 2. The third-order valence-corrected chi connectivity index (χ3v) is 19.9. The number of pyridine rings is 1. The van der Waals surface area contributed by atoms with Crippen LogP contribution in [0.3, 0.4) is 0 Å². The molecule has 3 N–H and O–H groups in total. The fraction of sp³-hybridized carbons (Fsp3) is 0.182. The predicted molar refractivity (Wildman–Crippen MR) is 324 cm³/mol. The Hall–Kier alpha value is -9.38. The highest BCUT2D eigenvalue weighted by atomic mass is 32.2. The van der Waals surface area contributed by atoms with Crippen LogP contribution in [0, 0.1) is 40.9 Å². The minimum Gasteiger partial charge on any atom is -0.339 e. The molecular weight excluding hydrogens is 1270 g/mol. The topological polar surface area (TPSA) is 416 Å². The fourth-order valence-corrected chi connectivity index (χ4v) is 12.8. The van der Waals surface area contributed by atoms with E-state index in [4.69, 9.17) is 9.17 Å². The summed E-state index contributed by atoms with van der Waals surface area (Å²) in [5.74, 6) is -0.286. The molecule has 0 aliphatic carbocycles. The second kappa shape index (κ2) is 27.3. The number of hydrogen-bond donors (Lipinski definition) is 3. The van der Waals surface area contributed by atoms with Gasteiger partial charge in [-0.2, -0.15) is 59.4 Å². The van der Waals surface area contributed by atoms with Gasteiger partial charge in [-0.15, -0.1) is 20.5 Å². The van der Waals surface area contributed by atoms with E-state index in [9.17, 15) is 57.9 Å². The Morgan fingerprint density at radius 3 is 1.64 bits per heavy atom. The van der Waals surface area contributed by atoms with Crippen molar-refractivity contribution in [2.45, 2.75) is 45.8 Å². The summed E-state index contributed by atoms with van der Waals surface area (Å²) in [4.78, 5) is 17.1. The maximum atomic E-state index is 13.1. The average Bonchev–Trinajstić information content (AvgIpc) is 1.96. The number of aryl methyl sites for hydroxylation is 1. The molecule has 0 unspecified atom stereocenters. The molecule has 0 saturated heterocycles. The third-order valence-electron chi connectivity index (χ3n) is 12.7. The lowest BCUT2D eigenvalue weighted by molar-refractivity contribution is 0.394. The first-order chi connectivity index (χ1) is 42.2. The summed E-state index contributed by atoms with van der Waals surface area (Å²) in [6.07, 6.45) is 0.800. The third kappa shape index (κ3) is 15.7. The van der Waals surface area contributed by atoms with Crippen molar-refractivity contribution < 1.29 is 58.8 Å². The molecular formula is C55H48N14O14S6. The van der Waals surface area contributed by atoms with Crippen LogP contribution in [-0.4, -0.2) is 102 Å². The summed E-state index contributed by atoms with van der Waals surface area (Å²) in [7, 11) is -16.4. The van der Waals surface area contributed by atoms with Gasteiger partial charge < -0.3 is 16.0 Å². The maximum absolute atomic E-state index is 13.1. The molecule has 0 spiro atoms. The molecule has 458 valence electrons. The van der Waals surface area contributed by atoms with Gasteiger partial charge in [0.05, 0.1) is 64.9 Å². The molecule has 0 atom stereocenters. The number of hydrogen-bond acceptors (Lipinski definition) is 29. The SMILES string of the molecule is COS(=O)(=O)c1ccc(Nc2nc(Nc3ccc(S(=O)(=O)OC)cc3)c(N=Nc3sc(N=Nc4ccccc4C#N)c(-c4ccc(Nc5nc(CCCS(C)(=O)=O)nc(Cc6cc(S(=O)(=O)OC)ccc6S(=O)(=O)OC)n5)cc4)c3C#N)c(C)c2C#N)cc1. The normalized spacial score (nSPS) is 12.2. The van der Waals surface area contributed by atoms with Crippen LogP contribution in [0.1, 0.15) is 45.9 Å². The van der Waals surface area contributed by atoms with Gasteiger partial charge in [-0.3, -0.25) is 16.7 Å². The molecule has 0 amide bonds. The lowest BCUT2D eigenvalue weighted by Gasteiger charge is -2.16. The molecule has 5 aromatic carbocycles. The van der Waals surface area contributed by atoms with E-state index < -0.39 is 50.3 Å². The number of benzene rings is 5. The number of nitriles is 3. The number of rotatable bonds is 25. The van der Waals surface area contributed by atoms with Crippen LogP contribution in [0.15, 0.2) is 155 Å². The van der Waals surface area contributed by atoms with Crippen molar-refractivity contribution >= 4 is 118 Å². The Balaban J connectivity index is 1.21. The smallest absolute Gasteiger partial charge is 0.296 e. The van der Waals surface area contributed by atoms with E-state index in [1.54, 1.807) is 55.5 Å². The predicted octanol–water partition coefficient (Wildman–Crippen LogP) is 9.89. The number of nitrogens with one attached hydrogen (secondary N) is 3. The van der Waals surface area contributed by atoms with Crippen molar-refractivity contribution in [1.29, 1.82) is 15.8 Å². The number of sulfone groups is 1. The highest BCUT2D eigenvalue weighted by molar-refractivity contribution is 7.90. The van der Waals surface area contributed by atoms with Crippen LogP contribution in [-0.2, 0) is 79.9 Å². The number of nitrogens with zero attached hydrogens (tertiary/aromatic N) is 11. The maximum Gasteiger partial charge on any atom is 0.296 e. The van der Waals surface area contributed by atoms with Crippen molar-refractivity contribution in [2.75, 3.05) is 56.4 Å². The van der Waals surface area contributed by atoms with E-state index in [-0.39, 0.29) is 129 Å². The minimum absolute atomic E-state index is 0.00793. The summed E-state index contributed by atoms with van der Waals surface area (Å²) >= 11 is 0.893.